The van der Waals surface area contributed by atoms with Crippen LogP contribution in [0.2, 0.25) is 0 Å². The van der Waals surface area contributed by atoms with E-state index < -0.39 is 0 Å². The zero-order valence-electron chi connectivity index (χ0n) is 37.1. The number of imidazole rings is 1. The summed E-state index contributed by atoms with van der Waals surface area (Å²) in [7, 11) is 2.03. The number of rotatable bonds is 6. The highest BCUT2D eigenvalue weighted by Gasteiger charge is 2.29. The summed E-state index contributed by atoms with van der Waals surface area (Å²) in [5, 5.41) is 7.00. The molecule has 0 aliphatic heterocycles. The van der Waals surface area contributed by atoms with Crippen molar-refractivity contribution in [3.63, 3.8) is 0 Å². The van der Waals surface area contributed by atoms with Gasteiger partial charge >= 0.3 is 0 Å². The molecule has 13 rings (SSSR count). The zero-order chi connectivity index (χ0) is 44.3. The molecule has 0 fully saturated rings. The molecule has 0 aliphatic carbocycles. The molecule has 0 atom stereocenters. The predicted molar refractivity (Wildman–Crippen MR) is 269 cm³/mol. The van der Waals surface area contributed by atoms with Crippen LogP contribution < -0.4 is 9.30 Å². The summed E-state index contributed by atoms with van der Waals surface area (Å²) in [6.45, 7) is 6.79. The van der Waals surface area contributed by atoms with Gasteiger partial charge in [-0.05, 0) is 83.8 Å². The Bertz CT molecular complexity index is 4070. The summed E-state index contributed by atoms with van der Waals surface area (Å²) in [5.41, 5.74) is 13.1. The van der Waals surface area contributed by atoms with Crippen molar-refractivity contribution in [2.45, 2.75) is 26.2 Å². The highest BCUT2D eigenvalue weighted by Crippen LogP contribution is 2.50. The normalized spacial score (nSPS) is 12.2. The Morgan fingerprint density at radius 3 is 1.76 bits per heavy atom. The first-order valence-corrected chi connectivity index (χ1v) is 22.5. The van der Waals surface area contributed by atoms with Gasteiger partial charge in [-0.1, -0.05) is 130 Å². The van der Waals surface area contributed by atoms with E-state index in [2.05, 4.69) is 221 Å². The Labute approximate surface area is 381 Å². The van der Waals surface area contributed by atoms with E-state index in [4.69, 9.17) is 9.72 Å². The van der Waals surface area contributed by atoms with Gasteiger partial charge in [0.2, 0.25) is 6.33 Å². The molecular weight excluding hydrogens is 809 g/mol. The predicted octanol–water partition coefficient (Wildman–Crippen LogP) is 14.0. The first-order chi connectivity index (χ1) is 32.3. The van der Waals surface area contributed by atoms with Crippen LogP contribution in [0.5, 0.6) is 11.5 Å². The van der Waals surface area contributed by atoms with Crippen molar-refractivity contribution in [3.05, 3.63) is 206 Å². The van der Waals surface area contributed by atoms with Crippen molar-refractivity contribution in [3.8, 4) is 34.4 Å². The third-order valence-corrected chi connectivity index (χ3v) is 13.3. The summed E-state index contributed by atoms with van der Waals surface area (Å²) in [4.78, 5) is 5.23. The molecule has 0 unspecified atom stereocenters. The van der Waals surface area contributed by atoms with Gasteiger partial charge in [0, 0.05) is 56.0 Å². The third-order valence-electron chi connectivity index (χ3n) is 13.3. The van der Waals surface area contributed by atoms with Crippen LogP contribution in [0.15, 0.2) is 194 Å². The SMILES string of the molecule is Cn1[c-][n+](-c2cccc(Oc3ccc4c5c6c7ccccc7n(-c7ccccc7)c6c6c(c7ccccc7n6-c6ccccc6)c5n(-c5cc(C(C)(C)C)ccn5)c4c3)c2)c2ccccc21. The lowest BCUT2D eigenvalue weighted by Crippen LogP contribution is -2.29. The zero-order valence-corrected chi connectivity index (χ0v) is 37.1. The van der Waals surface area contributed by atoms with Gasteiger partial charge in [0.15, 0.2) is 0 Å². The van der Waals surface area contributed by atoms with E-state index in [0.29, 0.717) is 0 Å². The second-order valence-corrected chi connectivity index (χ2v) is 18.3. The van der Waals surface area contributed by atoms with Crippen LogP contribution in [0.4, 0.5) is 0 Å². The molecule has 7 nitrogen and oxygen atoms in total. The number of benzene rings is 8. The van der Waals surface area contributed by atoms with Crippen molar-refractivity contribution >= 4 is 76.5 Å². The van der Waals surface area contributed by atoms with Crippen LogP contribution in [0, 0.1) is 6.33 Å². The highest BCUT2D eigenvalue weighted by atomic mass is 16.5. The summed E-state index contributed by atoms with van der Waals surface area (Å²) in [6, 6.07) is 66.9. The number of hydrogen-bond acceptors (Lipinski definition) is 2. The fourth-order valence-electron chi connectivity index (χ4n) is 10.4. The fourth-order valence-corrected chi connectivity index (χ4v) is 10.4. The molecule has 0 amide bonds. The van der Waals surface area contributed by atoms with E-state index in [9.17, 15) is 0 Å². The molecule has 0 N–H and O–H groups in total. The smallest absolute Gasteiger partial charge is 0.244 e. The molecule has 7 heteroatoms. The molecule has 0 radical (unpaired) electrons. The molecule has 0 bridgehead atoms. The lowest BCUT2D eigenvalue weighted by molar-refractivity contribution is -0.572. The van der Waals surface area contributed by atoms with E-state index in [1.54, 1.807) is 0 Å². The monoisotopic (exact) mass is 852 g/mol. The molecule has 0 saturated carbocycles. The summed E-state index contributed by atoms with van der Waals surface area (Å²) < 4.78 is 18.4. The number of para-hydroxylation sites is 6. The number of pyridine rings is 1. The standard InChI is InChI=1S/C59H44N6O/c1-59(2,3)38-32-33-60-52(34-38)65-51-36-43(66-42-23-17-22-41(35-42)62-37-61(4)49-28-15-16-29-50(49)62)30-31-46(51)53-54-44-24-11-13-26-47(44)63(39-18-7-5-8-19-39)57(54)58-55(56(53)65)45-25-12-14-27-48(45)64(58)40-20-9-6-10-21-40/h5-36H,1-4H3. The lowest BCUT2D eigenvalue weighted by atomic mass is 9.88. The van der Waals surface area contributed by atoms with E-state index in [1.807, 2.05) is 29.9 Å². The Kier molecular flexibility index (Phi) is 8.25. The second kappa shape index (κ2) is 14.3. The number of aromatic nitrogens is 6. The average molecular weight is 853 g/mol. The van der Waals surface area contributed by atoms with Crippen molar-refractivity contribution in [1.29, 1.82) is 0 Å². The topological polar surface area (TPSA) is 45.7 Å². The maximum atomic E-state index is 6.90. The number of hydrogen-bond donors (Lipinski definition) is 0. The van der Waals surface area contributed by atoms with E-state index in [-0.39, 0.29) is 5.41 Å². The fraction of sp³-hybridized carbons (Fsp3) is 0.0847. The van der Waals surface area contributed by atoms with Crippen LogP contribution >= 0.6 is 0 Å². The number of aryl methyl sites for hydroxylation is 1. The van der Waals surface area contributed by atoms with Gasteiger partial charge < -0.3 is 23.0 Å². The second-order valence-electron chi connectivity index (χ2n) is 18.3. The maximum absolute atomic E-state index is 6.90. The maximum Gasteiger partial charge on any atom is 0.244 e. The largest absolute Gasteiger partial charge is 0.458 e. The number of nitrogens with zero attached hydrogens (tertiary/aromatic N) is 6. The Hall–Kier alpha value is -8.42. The van der Waals surface area contributed by atoms with Crippen LogP contribution in [0.25, 0.3) is 99.3 Å². The number of ether oxygens (including phenoxy) is 1. The van der Waals surface area contributed by atoms with Crippen LogP contribution in [-0.2, 0) is 12.5 Å². The minimum atomic E-state index is -0.107. The van der Waals surface area contributed by atoms with Crippen LogP contribution in [0.1, 0.15) is 26.3 Å². The molecule has 316 valence electrons. The first-order valence-electron chi connectivity index (χ1n) is 22.5. The molecule has 0 saturated heterocycles. The third kappa shape index (κ3) is 5.62. The van der Waals surface area contributed by atoms with Gasteiger partial charge in [0.1, 0.15) is 17.3 Å². The number of fused-ring (bicyclic) bond motifs is 13. The summed E-state index contributed by atoms with van der Waals surface area (Å²) in [6.07, 6.45) is 5.45. The minimum Gasteiger partial charge on any atom is -0.458 e. The van der Waals surface area contributed by atoms with Crippen molar-refractivity contribution in [1.82, 2.24) is 23.3 Å². The van der Waals surface area contributed by atoms with Gasteiger partial charge in [-0.3, -0.25) is 4.57 Å². The molecule has 0 aliphatic rings. The summed E-state index contributed by atoms with van der Waals surface area (Å²) >= 11 is 0. The quantitative estimate of drug-likeness (QED) is 0.124. The first kappa shape index (κ1) is 38.1. The summed E-state index contributed by atoms with van der Waals surface area (Å²) in [5.74, 6) is 2.32. The Balaban J connectivity index is 1.18. The average Bonchev–Trinajstić information content (AvgIpc) is 4.08. The highest BCUT2D eigenvalue weighted by molar-refractivity contribution is 6.40. The Morgan fingerprint density at radius 1 is 0.485 bits per heavy atom. The molecule has 8 aromatic carbocycles. The molecule has 66 heavy (non-hydrogen) atoms. The minimum absolute atomic E-state index is 0.107. The van der Waals surface area contributed by atoms with Crippen molar-refractivity contribution in [2.24, 2.45) is 7.05 Å². The van der Waals surface area contributed by atoms with E-state index in [1.165, 1.54) is 27.1 Å². The van der Waals surface area contributed by atoms with Gasteiger partial charge in [-0.2, -0.15) is 0 Å². The Morgan fingerprint density at radius 2 is 1.06 bits per heavy atom. The van der Waals surface area contributed by atoms with E-state index >= 15 is 0 Å². The van der Waals surface area contributed by atoms with Gasteiger partial charge in [-0.15, -0.1) is 0 Å². The molecular formula is C59H44N6O. The molecule has 5 aromatic heterocycles. The van der Waals surface area contributed by atoms with Gasteiger partial charge in [0.05, 0.1) is 56.9 Å². The lowest BCUT2D eigenvalue weighted by Gasteiger charge is -2.20. The van der Waals surface area contributed by atoms with Crippen molar-refractivity contribution < 1.29 is 9.30 Å². The molecule has 0 spiro atoms. The molecule has 5 heterocycles. The van der Waals surface area contributed by atoms with E-state index in [0.717, 1.165) is 89.3 Å². The van der Waals surface area contributed by atoms with Crippen molar-refractivity contribution in [2.75, 3.05) is 0 Å². The van der Waals surface area contributed by atoms with Gasteiger partial charge in [-0.25, -0.2) is 4.98 Å². The molecule has 13 aromatic rings. The van der Waals surface area contributed by atoms with Crippen LogP contribution in [-0.4, -0.2) is 23.3 Å². The van der Waals surface area contributed by atoms with Crippen LogP contribution in [0.3, 0.4) is 0 Å². The van der Waals surface area contributed by atoms with Gasteiger partial charge in [0.25, 0.3) is 0 Å².